The molecule has 1 atom stereocenters. The Labute approximate surface area is 73.2 Å². The highest BCUT2D eigenvalue weighted by molar-refractivity contribution is 8.02. The van der Waals surface area contributed by atoms with E-state index in [1.165, 1.54) is 22.1 Å². The molecule has 0 spiro atoms. The first-order chi connectivity index (χ1) is 5.70. The van der Waals surface area contributed by atoms with E-state index in [1.807, 2.05) is 0 Å². The average molecular weight is 185 g/mol. The van der Waals surface area contributed by atoms with E-state index in [0.717, 1.165) is 5.75 Å². The Morgan fingerprint density at radius 2 is 2.50 bits per heavy atom. The molecule has 1 fully saturated rings. The Bertz CT molecular complexity index is 286. The van der Waals surface area contributed by atoms with Crippen LogP contribution in [0.25, 0.3) is 0 Å². The molecule has 0 aliphatic carbocycles. The maximum Gasteiger partial charge on any atom is 0.353 e. The van der Waals surface area contributed by atoms with Crippen LogP contribution in [0.15, 0.2) is 11.1 Å². The topological polar surface area (TPSA) is 57.6 Å². The molecule has 0 aromatic rings. The van der Waals surface area contributed by atoms with Crippen molar-refractivity contribution in [2.24, 2.45) is 0 Å². The summed E-state index contributed by atoms with van der Waals surface area (Å²) in [6.07, 6.45) is 0.498. The molecule has 0 aromatic carbocycles. The molecule has 12 heavy (non-hydrogen) atoms. The van der Waals surface area contributed by atoms with Gasteiger partial charge in [-0.1, -0.05) is 0 Å². The molecule has 1 saturated heterocycles. The molecule has 0 unspecified atom stereocenters. The number of carbonyl (C=O) groups excluding carboxylic acids is 1. The summed E-state index contributed by atoms with van der Waals surface area (Å²) in [4.78, 5) is 23.0. The maximum absolute atomic E-state index is 11.0. The van der Waals surface area contributed by atoms with Gasteiger partial charge in [-0.25, -0.2) is 4.79 Å². The predicted octanol–water partition coefficient (Wildman–Crippen LogP) is 0.260. The zero-order valence-corrected chi connectivity index (χ0v) is 7.00. The normalized spacial score (nSPS) is 27.3. The summed E-state index contributed by atoms with van der Waals surface area (Å²) in [6, 6.07) is 0.124. The smallest absolute Gasteiger partial charge is 0.353 e. The largest absolute Gasteiger partial charge is 0.477 e. The predicted molar refractivity (Wildman–Crippen MR) is 43.4 cm³/mol. The molecule has 1 N–H and O–H groups in total. The van der Waals surface area contributed by atoms with Gasteiger partial charge < -0.3 is 10.0 Å². The number of fused-ring (bicyclic) bond motifs is 1. The second-order valence-electron chi connectivity index (χ2n) is 2.76. The van der Waals surface area contributed by atoms with E-state index >= 15 is 0 Å². The molecule has 2 aliphatic rings. The fraction of sp³-hybridized carbons (Fsp3) is 0.429. The van der Waals surface area contributed by atoms with Crippen molar-refractivity contribution >= 4 is 23.6 Å². The van der Waals surface area contributed by atoms with Crippen LogP contribution in [0.5, 0.6) is 0 Å². The highest BCUT2D eigenvalue weighted by atomic mass is 32.2. The van der Waals surface area contributed by atoms with Gasteiger partial charge in [-0.15, -0.1) is 11.8 Å². The van der Waals surface area contributed by atoms with Crippen molar-refractivity contribution in [2.45, 2.75) is 12.5 Å². The summed E-state index contributed by atoms with van der Waals surface area (Å²) in [6.45, 7) is 0. The summed E-state index contributed by atoms with van der Waals surface area (Å²) in [7, 11) is 0. The van der Waals surface area contributed by atoms with Gasteiger partial charge in [0.2, 0.25) is 5.91 Å². The van der Waals surface area contributed by atoms with Gasteiger partial charge >= 0.3 is 5.97 Å². The fourth-order valence-corrected chi connectivity index (χ4v) is 2.35. The van der Waals surface area contributed by atoms with E-state index in [2.05, 4.69) is 0 Å². The van der Waals surface area contributed by atoms with Crippen molar-refractivity contribution in [1.82, 2.24) is 4.90 Å². The molecule has 1 amide bonds. The first-order valence-electron chi connectivity index (χ1n) is 3.57. The second kappa shape index (κ2) is 2.52. The molecule has 2 heterocycles. The van der Waals surface area contributed by atoms with E-state index < -0.39 is 5.97 Å². The number of thioether (sulfide) groups is 1. The van der Waals surface area contributed by atoms with Crippen LogP contribution >= 0.6 is 11.8 Å². The first kappa shape index (κ1) is 7.67. The molecular formula is C7H7NO3S. The average Bonchev–Trinajstić information content (AvgIpc) is 2.01. The molecule has 64 valence electrons. The van der Waals surface area contributed by atoms with Crippen LogP contribution in [0.2, 0.25) is 0 Å². The zero-order valence-electron chi connectivity index (χ0n) is 6.19. The van der Waals surface area contributed by atoms with E-state index in [0.29, 0.717) is 6.42 Å². The summed E-state index contributed by atoms with van der Waals surface area (Å²) >= 11 is 1.46. The van der Waals surface area contributed by atoms with Crippen molar-refractivity contribution in [3.8, 4) is 0 Å². The maximum atomic E-state index is 11.0. The van der Waals surface area contributed by atoms with Gasteiger partial charge in [0, 0.05) is 17.6 Å². The molecule has 0 aromatic heterocycles. The minimum absolute atomic E-state index is 0.0750. The van der Waals surface area contributed by atoms with Gasteiger partial charge in [0.05, 0.1) is 6.04 Å². The number of amides is 1. The summed E-state index contributed by atoms with van der Waals surface area (Å²) in [5.74, 6) is -0.267. The van der Waals surface area contributed by atoms with E-state index in [9.17, 15) is 9.59 Å². The monoisotopic (exact) mass is 185 g/mol. The Balaban J connectivity index is 2.26. The molecule has 5 heteroatoms. The van der Waals surface area contributed by atoms with Crippen LogP contribution < -0.4 is 0 Å². The van der Waals surface area contributed by atoms with Crippen LogP contribution in [0.3, 0.4) is 0 Å². The molecule has 0 bridgehead atoms. The Hall–Kier alpha value is -0.970. The van der Waals surface area contributed by atoms with Crippen LogP contribution in [-0.2, 0) is 9.59 Å². The van der Waals surface area contributed by atoms with Crippen LogP contribution in [0.1, 0.15) is 6.42 Å². The summed E-state index contributed by atoms with van der Waals surface area (Å²) < 4.78 is 0. The zero-order chi connectivity index (χ0) is 8.72. The van der Waals surface area contributed by atoms with Crippen molar-refractivity contribution in [2.75, 3.05) is 5.75 Å². The lowest BCUT2D eigenvalue weighted by molar-refractivity contribution is -0.148. The van der Waals surface area contributed by atoms with Gasteiger partial charge in [0.1, 0.15) is 5.70 Å². The van der Waals surface area contributed by atoms with Crippen molar-refractivity contribution in [1.29, 1.82) is 0 Å². The standard InChI is InChI=1S/C7H7NO3S/c9-6-1-4-2-12-3-5(7(10)11)8(4)6/h3-4H,1-2H2,(H,10,11)/t4-/m0/s1. The quantitative estimate of drug-likeness (QED) is 0.595. The number of β-lactam (4-membered cyclic amide) rings is 1. The van der Waals surface area contributed by atoms with Gasteiger partial charge in [0.15, 0.2) is 0 Å². The molecular weight excluding hydrogens is 178 g/mol. The number of carboxylic acid groups (broad SMARTS) is 1. The number of aliphatic carboxylic acids is 1. The van der Waals surface area contributed by atoms with Crippen molar-refractivity contribution < 1.29 is 14.7 Å². The summed E-state index contributed by atoms with van der Waals surface area (Å²) in [5, 5.41) is 10.2. The highest BCUT2D eigenvalue weighted by Crippen LogP contribution is 2.33. The first-order valence-corrected chi connectivity index (χ1v) is 4.62. The van der Waals surface area contributed by atoms with Gasteiger partial charge in [-0.2, -0.15) is 0 Å². The Kier molecular flexibility index (Phi) is 1.61. The minimum Gasteiger partial charge on any atom is -0.477 e. The Morgan fingerprint density at radius 3 is 3.00 bits per heavy atom. The van der Waals surface area contributed by atoms with Crippen LogP contribution in [0, 0.1) is 0 Å². The number of carboxylic acids is 1. The number of nitrogens with zero attached hydrogens (tertiary/aromatic N) is 1. The SMILES string of the molecule is O=C(O)C1=CSC[C@@H]2CC(=O)N12. The lowest BCUT2D eigenvalue weighted by Crippen LogP contribution is -2.55. The summed E-state index contributed by atoms with van der Waals surface area (Å²) in [5.41, 5.74) is 0.132. The van der Waals surface area contributed by atoms with E-state index in [-0.39, 0.29) is 17.6 Å². The Morgan fingerprint density at radius 1 is 1.75 bits per heavy atom. The lowest BCUT2D eigenvalue weighted by Gasteiger charge is -2.42. The molecule has 0 radical (unpaired) electrons. The lowest BCUT2D eigenvalue weighted by atomic mass is 10.0. The second-order valence-corrected chi connectivity index (χ2v) is 3.67. The molecule has 2 aliphatic heterocycles. The number of hydrogen-bond acceptors (Lipinski definition) is 3. The third-order valence-corrected chi connectivity index (χ3v) is 2.97. The van der Waals surface area contributed by atoms with Crippen LogP contribution in [0.4, 0.5) is 0 Å². The highest BCUT2D eigenvalue weighted by Gasteiger charge is 2.42. The van der Waals surface area contributed by atoms with Gasteiger partial charge in [-0.05, 0) is 0 Å². The van der Waals surface area contributed by atoms with Crippen molar-refractivity contribution in [3.63, 3.8) is 0 Å². The minimum atomic E-state index is -1.01. The fourth-order valence-electron chi connectivity index (χ4n) is 1.40. The third kappa shape index (κ3) is 0.929. The van der Waals surface area contributed by atoms with Crippen molar-refractivity contribution in [3.05, 3.63) is 11.1 Å². The van der Waals surface area contributed by atoms with Gasteiger partial charge in [0.25, 0.3) is 0 Å². The third-order valence-electron chi connectivity index (χ3n) is 2.01. The number of carbonyl (C=O) groups is 2. The number of hydrogen-bond donors (Lipinski definition) is 1. The van der Waals surface area contributed by atoms with Crippen LogP contribution in [-0.4, -0.2) is 33.7 Å². The number of rotatable bonds is 1. The van der Waals surface area contributed by atoms with Gasteiger partial charge in [-0.3, -0.25) is 4.79 Å². The van der Waals surface area contributed by atoms with E-state index in [4.69, 9.17) is 5.11 Å². The molecule has 4 nitrogen and oxygen atoms in total. The molecule has 0 saturated carbocycles. The van der Waals surface area contributed by atoms with E-state index in [1.54, 1.807) is 0 Å². The molecule has 2 rings (SSSR count).